The molecule has 25 heavy (non-hydrogen) atoms. The fourth-order valence-corrected chi connectivity index (χ4v) is 4.66. The Morgan fingerprint density at radius 2 is 1.80 bits per heavy atom. The Balaban J connectivity index is 1.46. The zero-order chi connectivity index (χ0) is 17.8. The molecular formula is C17H25N5O3. The van der Waals surface area contributed by atoms with E-state index in [4.69, 9.17) is 4.42 Å². The first-order chi connectivity index (χ1) is 11.9. The molecular weight excluding hydrogens is 322 g/mol. The van der Waals surface area contributed by atoms with Gasteiger partial charge in [0.25, 0.3) is 0 Å². The Morgan fingerprint density at radius 3 is 2.36 bits per heavy atom. The molecule has 3 aliphatic heterocycles. The number of fused-ring (bicyclic) bond motifs is 1. The van der Waals surface area contributed by atoms with E-state index in [0.29, 0.717) is 43.9 Å². The number of hydrogen-bond donors (Lipinski definition) is 0. The number of rotatable bonds is 3. The first-order valence-corrected chi connectivity index (χ1v) is 9.02. The maximum absolute atomic E-state index is 13.0. The quantitative estimate of drug-likeness (QED) is 0.786. The maximum atomic E-state index is 13.0. The van der Waals surface area contributed by atoms with Crippen molar-refractivity contribution in [2.75, 3.05) is 32.7 Å². The van der Waals surface area contributed by atoms with Gasteiger partial charge in [0.15, 0.2) is 0 Å². The van der Waals surface area contributed by atoms with Crippen molar-refractivity contribution in [3.8, 4) is 0 Å². The molecule has 4 fully saturated rings. The van der Waals surface area contributed by atoms with E-state index in [0.717, 1.165) is 19.4 Å². The second-order valence-electron chi connectivity index (χ2n) is 7.59. The van der Waals surface area contributed by atoms with Crippen LogP contribution in [0.2, 0.25) is 0 Å². The highest BCUT2D eigenvalue weighted by molar-refractivity contribution is 5.82. The Hall–Kier alpha value is -1.96. The summed E-state index contributed by atoms with van der Waals surface area (Å²) in [6.45, 7) is 8.70. The third-order valence-corrected chi connectivity index (χ3v) is 6.04. The minimum Gasteiger partial charge on any atom is -0.424 e. The summed E-state index contributed by atoms with van der Waals surface area (Å²) in [5.74, 6) is 2.04. The normalized spacial score (nSPS) is 30.3. The summed E-state index contributed by atoms with van der Waals surface area (Å²) in [4.78, 5) is 30.4. The van der Waals surface area contributed by atoms with Gasteiger partial charge in [0, 0.05) is 46.6 Å². The summed E-state index contributed by atoms with van der Waals surface area (Å²) in [5.41, 5.74) is -0.262. The van der Waals surface area contributed by atoms with Crippen LogP contribution in [0.25, 0.3) is 0 Å². The second-order valence-corrected chi connectivity index (χ2v) is 7.59. The van der Waals surface area contributed by atoms with Crippen molar-refractivity contribution in [3.05, 3.63) is 11.8 Å². The van der Waals surface area contributed by atoms with Gasteiger partial charge in [-0.2, -0.15) is 0 Å². The number of aromatic nitrogens is 2. The van der Waals surface area contributed by atoms with E-state index in [-0.39, 0.29) is 23.4 Å². The number of carbonyl (C=O) groups is 2. The van der Waals surface area contributed by atoms with E-state index in [2.05, 4.69) is 15.1 Å². The third kappa shape index (κ3) is 2.54. The first-order valence-electron chi connectivity index (χ1n) is 9.02. The molecule has 8 heteroatoms. The highest BCUT2D eigenvalue weighted by Gasteiger charge is 2.62. The molecule has 0 N–H and O–H groups in total. The van der Waals surface area contributed by atoms with E-state index in [9.17, 15) is 9.59 Å². The molecule has 0 spiro atoms. The van der Waals surface area contributed by atoms with Gasteiger partial charge >= 0.3 is 0 Å². The van der Waals surface area contributed by atoms with Crippen molar-refractivity contribution >= 4 is 11.8 Å². The minimum absolute atomic E-state index is 0.0752. The average Bonchev–Trinajstić information content (AvgIpc) is 3.25. The topological polar surface area (TPSA) is 82.8 Å². The zero-order valence-corrected chi connectivity index (χ0v) is 15.1. The van der Waals surface area contributed by atoms with Crippen molar-refractivity contribution in [1.29, 1.82) is 0 Å². The van der Waals surface area contributed by atoms with Crippen molar-refractivity contribution in [2.24, 2.45) is 5.92 Å². The molecule has 0 radical (unpaired) electrons. The zero-order valence-electron chi connectivity index (χ0n) is 15.1. The summed E-state index contributed by atoms with van der Waals surface area (Å²) < 4.78 is 5.72. The summed E-state index contributed by atoms with van der Waals surface area (Å²) in [6, 6.07) is -0.219. The SMILES string of the molecule is CC(=O)N1CCN(C(=O)C(C)N2CC3CC2(c2nnc(C)o2)C3)CC1. The van der Waals surface area contributed by atoms with E-state index in [1.807, 2.05) is 11.8 Å². The van der Waals surface area contributed by atoms with E-state index >= 15 is 0 Å². The van der Waals surface area contributed by atoms with Crippen LogP contribution in [0.1, 0.15) is 38.5 Å². The summed E-state index contributed by atoms with van der Waals surface area (Å²) >= 11 is 0. The number of amides is 2. The van der Waals surface area contributed by atoms with Gasteiger partial charge in [-0.15, -0.1) is 10.2 Å². The standard InChI is InChI=1S/C17H25N5O3/c1-11(15(24)21-6-4-20(5-7-21)13(3)23)22-10-14-8-17(22,9-14)16-19-18-12(2)25-16/h11,14H,4-10H2,1-3H3. The fraction of sp³-hybridized carbons (Fsp3) is 0.765. The smallest absolute Gasteiger partial charge is 0.239 e. The van der Waals surface area contributed by atoms with Crippen LogP contribution < -0.4 is 0 Å². The highest BCUT2D eigenvalue weighted by atomic mass is 16.4. The Kier molecular flexibility index (Phi) is 3.82. The molecule has 1 saturated carbocycles. The summed E-state index contributed by atoms with van der Waals surface area (Å²) in [7, 11) is 0. The van der Waals surface area contributed by atoms with E-state index in [1.54, 1.807) is 18.7 Å². The predicted molar refractivity (Wildman–Crippen MR) is 88.4 cm³/mol. The number of nitrogens with zero attached hydrogens (tertiary/aromatic N) is 5. The number of carbonyl (C=O) groups excluding carboxylic acids is 2. The Morgan fingerprint density at radius 1 is 1.16 bits per heavy atom. The minimum atomic E-state index is -0.262. The molecule has 4 aliphatic rings. The van der Waals surface area contributed by atoms with Crippen molar-refractivity contribution in [2.45, 2.75) is 45.2 Å². The Bertz CT molecular complexity index is 688. The number of hydrogen-bond acceptors (Lipinski definition) is 6. The molecule has 8 nitrogen and oxygen atoms in total. The fourth-order valence-electron chi connectivity index (χ4n) is 4.66. The van der Waals surface area contributed by atoms with Gasteiger partial charge < -0.3 is 14.2 Å². The lowest BCUT2D eigenvalue weighted by atomic mass is 9.73. The van der Waals surface area contributed by atoms with Crippen LogP contribution in [0.15, 0.2) is 4.42 Å². The monoisotopic (exact) mass is 347 g/mol. The largest absolute Gasteiger partial charge is 0.424 e. The van der Waals surface area contributed by atoms with Gasteiger partial charge in [0.05, 0.1) is 6.04 Å². The lowest BCUT2D eigenvalue weighted by molar-refractivity contribution is -0.143. The van der Waals surface area contributed by atoms with Gasteiger partial charge in [-0.05, 0) is 25.7 Å². The summed E-state index contributed by atoms with van der Waals surface area (Å²) in [5, 5.41) is 8.22. The molecule has 1 aliphatic carbocycles. The van der Waals surface area contributed by atoms with Gasteiger partial charge in [-0.1, -0.05) is 0 Å². The molecule has 3 saturated heterocycles. The van der Waals surface area contributed by atoms with E-state index < -0.39 is 0 Å². The van der Waals surface area contributed by atoms with Crippen LogP contribution >= 0.6 is 0 Å². The average molecular weight is 347 g/mol. The van der Waals surface area contributed by atoms with E-state index in [1.165, 1.54) is 0 Å². The lowest BCUT2D eigenvalue weighted by Gasteiger charge is -2.43. The first kappa shape index (κ1) is 16.5. The van der Waals surface area contributed by atoms with Crippen LogP contribution in [0.3, 0.4) is 0 Å². The van der Waals surface area contributed by atoms with Gasteiger partial charge in [0.2, 0.25) is 23.6 Å². The second kappa shape index (κ2) is 5.79. The molecule has 1 unspecified atom stereocenters. The molecule has 136 valence electrons. The molecule has 0 aromatic carbocycles. The number of piperazine rings is 1. The van der Waals surface area contributed by atoms with Crippen LogP contribution in [0.5, 0.6) is 0 Å². The third-order valence-electron chi connectivity index (χ3n) is 6.04. The van der Waals surface area contributed by atoms with Crippen molar-refractivity contribution in [1.82, 2.24) is 24.9 Å². The molecule has 2 amide bonds. The predicted octanol–water partition coefficient (Wildman–Crippen LogP) is 0.378. The highest BCUT2D eigenvalue weighted by Crippen LogP contribution is 2.57. The molecule has 1 aromatic heterocycles. The van der Waals surface area contributed by atoms with Gasteiger partial charge in [-0.3, -0.25) is 14.5 Å². The molecule has 1 aromatic rings. The Labute approximate surface area is 147 Å². The van der Waals surface area contributed by atoms with Gasteiger partial charge in [-0.25, -0.2) is 0 Å². The molecule has 4 heterocycles. The van der Waals surface area contributed by atoms with Crippen LogP contribution in [-0.2, 0) is 15.1 Å². The number of aryl methyl sites for hydroxylation is 1. The van der Waals surface area contributed by atoms with Gasteiger partial charge in [0.1, 0.15) is 5.54 Å². The molecule has 5 rings (SSSR count). The summed E-state index contributed by atoms with van der Waals surface area (Å²) in [6.07, 6.45) is 1.98. The molecule has 2 bridgehead atoms. The lowest BCUT2D eigenvalue weighted by Crippen LogP contribution is -2.57. The maximum Gasteiger partial charge on any atom is 0.239 e. The van der Waals surface area contributed by atoms with Crippen LogP contribution in [0.4, 0.5) is 0 Å². The molecule has 1 atom stereocenters. The van der Waals surface area contributed by atoms with Crippen LogP contribution in [0, 0.1) is 12.8 Å². The van der Waals surface area contributed by atoms with Crippen molar-refractivity contribution in [3.63, 3.8) is 0 Å². The van der Waals surface area contributed by atoms with Crippen LogP contribution in [-0.4, -0.2) is 75.5 Å². The van der Waals surface area contributed by atoms with Crippen molar-refractivity contribution < 1.29 is 14.0 Å².